The van der Waals surface area contributed by atoms with Crippen molar-refractivity contribution >= 4 is 28.8 Å². The van der Waals surface area contributed by atoms with Crippen LogP contribution in [0.5, 0.6) is 0 Å². The molecule has 1 saturated heterocycles. The maximum atomic E-state index is 12.7. The fourth-order valence-corrected chi connectivity index (χ4v) is 4.12. The second-order valence-electron chi connectivity index (χ2n) is 7.65. The Hall–Kier alpha value is -2.22. The highest BCUT2D eigenvalue weighted by Gasteiger charge is 2.22. The molecule has 1 aliphatic heterocycles. The van der Waals surface area contributed by atoms with Crippen LogP contribution in [0.15, 0.2) is 41.8 Å². The van der Waals surface area contributed by atoms with E-state index in [1.165, 1.54) is 11.3 Å². The number of morpholine rings is 1. The summed E-state index contributed by atoms with van der Waals surface area (Å²) in [6.45, 7) is 8.30. The molecule has 2 N–H and O–H groups in total. The van der Waals surface area contributed by atoms with E-state index < -0.39 is 0 Å². The summed E-state index contributed by atoms with van der Waals surface area (Å²) < 4.78 is 5.46. The van der Waals surface area contributed by atoms with Gasteiger partial charge in [-0.15, -0.1) is 11.3 Å². The van der Waals surface area contributed by atoms with E-state index in [9.17, 15) is 9.59 Å². The highest BCUT2D eigenvalue weighted by Crippen LogP contribution is 2.16. The second kappa shape index (κ2) is 10.5. The molecule has 0 radical (unpaired) electrons. The zero-order valence-corrected chi connectivity index (χ0v) is 17.8. The average molecular weight is 416 g/mol. The van der Waals surface area contributed by atoms with E-state index >= 15 is 0 Å². The first-order valence-corrected chi connectivity index (χ1v) is 11.0. The van der Waals surface area contributed by atoms with Crippen molar-refractivity contribution in [3.8, 4) is 0 Å². The zero-order valence-electron chi connectivity index (χ0n) is 17.0. The fraction of sp³-hybridized carbons (Fsp3) is 0.455. The molecule has 1 unspecified atom stereocenters. The molecule has 1 aromatic heterocycles. The summed E-state index contributed by atoms with van der Waals surface area (Å²) in [5.74, 6) is 0.261. The Labute approximate surface area is 176 Å². The number of carbonyl (C=O) groups is 2. The molecule has 7 heteroatoms. The van der Waals surface area contributed by atoms with Crippen LogP contribution in [-0.2, 0) is 4.74 Å². The third-order valence-corrected chi connectivity index (χ3v) is 5.80. The molecule has 29 heavy (non-hydrogen) atoms. The van der Waals surface area contributed by atoms with Gasteiger partial charge in [0, 0.05) is 36.9 Å². The number of amides is 2. The third-order valence-electron chi connectivity index (χ3n) is 4.93. The molecular formula is C22H29N3O3S. The summed E-state index contributed by atoms with van der Waals surface area (Å²) in [5, 5.41) is 7.79. The van der Waals surface area contributed by atoms with Crippen LogP contribution < -0.4 is 10.6 Å². The van der Waals surface area contributed by atoms with Crippen LogP contribution in [0.25, 0.3) is 0 Å². The number of nitrogens with zero attached hydrogens (tertiary/aromatic N) is 1. The fourth-order valence-electron chi connectivity index (χ4n) is 3.50. The average Bonchev–Trinajstić information content (AvgIpc) is 3.26. The monoisotopic (exact) mass is 415 g/mol. The summed E-state index contributed by atoms with van der Waals surface area (Å²) >= 11 is 1.39. The van der Waals surface area contributed by atoms with Gasteiger partial charge in [-0.05, 0) is 42.0 Å². The Morgan fingerprint density at radius 2 is 1.93 bits per heavy atom. The minimum Gasteiger partial charge on any atom is -0.379 e. The first-order chi connectivity index (χ1) is 14.0. The van der Waals surface area contributed by atoms with Crippen LogP contribution in [0, 0.1) is 5.92 Å². The number of hydrogen-bond donors (Lipinski definition) is 2. The van der Waals surface area contributed by atoms with Gasteiger partial charge in [-0.1, -0.05) is 26.0 Å². The van der Waals surface area contributed by atoms with Gasteiger partial charge in [0.25, 0.3) is 11.8 Å². The molecule has 0 aliphatic carbocycles. The van der Waals surface area contributed by atoms with Crippen LogP contribution in [0.2, 0.25) is 0 Å². The Bertz CT molecular complexity index is 801. The molecule has 156 valence electrons. The van der Waals surface area contributed by atoms with Gasteiger partial charge in [-0.2, -0.15) is 0 Å². The number of benzene rings is 1. The zero-order chi connectivity index (χ0) is 20.6. The van der Waals surface area contributed by atoms with E-state index in [1.54, 1.807) is 30.3 Å². The molecule has 0 bridgehead atoms. The normalized spacial score (nSPS) is 15.8. The van der Waals surface area contributed by atoms with Gasteiger partial charge < -0.3 is 15.4 Å². The molecule has 2 heterocycles. The SMILES string of the molecule is CC(C)CC(CNC(=O)c1cccc(NC(=O)c2cccs2)c1)N1CCOCC1. The Morgan fingerprint density at radius 1 is 1.14 bits per heavy atom. The van der Waals surface area contributed by atoms with E-state index in [-0.39, 0.29) is 11.8 Å². The molecule has 1 atom stereocenters. The van der Waals surface area contributed by atoms with Crippen molar-refractivity contribution in [3.05, 3.63) is 52.2 Å². The molecule has 1 aliphatic rings. The summed E-state index contributed by atoms with van der Waals surface area (Å²) in [6.07, 6.45) is 1.02. The molecule has 1 aromatic carbocycles. The van der Waals surface area contributed by atoms with Gasteiger partial charge in [0.1, 0.15) is 0 Å². The van der Waals surface area contributed by atoms with Gasteiger partial charge in [0.15, 0.2) is 0 Å². The van der Waals surface area contributed by atoms with Crippen LogP contribution in [0.3, 0.4) is 0 Å². The standard InChI is InChI=1S/C22H29N3O3S/c1-16(2)13-19(25-8-10-28-11-9-25)15-23-21(26)17-5-3-6-18(14-17)24-22(27)20-7-4-12-29-20/h3-7,12,14,16,19H,8-11,13,15H2,1-2H3,(H,23,26)(H,24,27). The van der Waals surface area contributed by atoms with Crippen molar-refractivity contribution in [3.63, 3.8) is 0 Å². The van der Waals surface area contributed by atoms with Crippen LogP contribution in [0.4, 0.5) is 5.69 Å². The summed E-state index contributed by atoms with van der Waals surface area (Å²) in [7, 11) is 0. The first-order valence-electron chi connectivity index (χ1n) is 10.1. The summed E-state index contributed by atoms with van der Waals surface area (Å²) in [6, 6.07) is 11.0. The van der Waals surface area contributed by atoms with Crippen molar-refractivity contribution in [2.75, 3.05) is 38.2 Å². The van der Waals surface area contributed by atoms with Gasteiger partial charge in [0.05, 0.1) is 18.1 Å². The van der Waals surface area contributed by atoms with Gasteiger partial charge in [-0.3, -0.25) is 14.5 Å². The van der Waals surface area contributed by atoms with Crippen molar-refractivity contribution in [2.24, 2.45) is 5.92 Å². The highest BCUT2D eigenvalue weighted by molar-refractivity contribution is 7.12. The molecular weight excluding hydrogens is 386 g/mol. The van der Waals surface area contributed by atoms with Crippen molar-refractivity contribution in [1.82, 2.24) is 10.2 Å². The van der Waals surface area contributed by atoms with Gasteiger partial charge >= 0.3 is 0 Å². The summed E-state index contributed by atoms with van der Waals surface area (Å²) in [4.78, 5) is 28.0. The van der Waals surface area contributed by atoms with Crippen molar-refractivity contribution < 1.29 is 14.3 Å². The van der Waals surface area contributed by atoms with Crippen LogP contribution in [-0.4, -0.2) is 55.6 Å². The number of anilines is 1. The van der Waals surface area contributed by atoms with Crippen molar-refractivity contribution in [2.45, 2.75) is 26.3 Å². The van der Waals surface area contributed by atoms with E-state index in [1.807, 2.05) is 11.4 Å². The topological polar surface area (TPSA) is 70.7 Å². The lowest BCUT2D eigenvalue weighted by atomic mass is 10.0. The molecule has 2 amide bonds. The molecule has 2 aromatic rings. The van der Waals surface area contributed by atoms with Crippen LogP contribution >= 0.6 is 11.3 Å². The number of rotatable bonds is 8. The Kier molecular flexibility index (Phi) is 7.80. The van der Waals surface area contributed by atoms with Gasteiger partial charge in [-0.25, -0.2) is 0 Å². The van der Waals surface area contributed by atoms with Gasteiger partial charge in [0.2, 0.25) is 0 Å². The molecule has 1 fully saturated rings. The molecule has 0 saturated carbocycles. The minimum atomic E-state index is -0.165. The number of thiophene rings is 1. The van der Waals surface area contributed by atoms with Crippen LogP contribution in [0.1, 0.15) is 40.3 Å². The smallest absolute Gasteiger partial charge is 0.265 e. The molecule has 0 spiro atoms. The second-order valence-corrected chi connectivity index (χ2v) is 8.60. The predicted molar refractivity (Wildman–Crippen MR) is 117 cm³/mol. The largest absolute Gasteiger partial charge is 0.379 e. The number of nitrogens with one attached hydrogen (secondary N) is 2. The Balaban J connectivity index is 1.59. The lowest BCUT2D eigenvalue weighted by Crippen LogP contribution is -2.49. The minimum absolute atomic E-state index is 0.126. The van der Waals surface area contributed by atoms with E-state index in [4.69, 9.17) is 4.74 Å². The maximum Gasteiger partial charge on any atom is 0.265 e. The lowest BCUT2D eigenvalue weighted by Gasteiger charge is -2.35. The molecule has 6 nitrogen and oxygen atoms in total. The summed E-state index contributed by atoms with van der Waals surface area (Å²) in [5.41, 5.74) is 1.15. The quantitative estimate of drug-likeness (QED) is 0.693. The van der Waals surface area contributed by atoms with Crippen molar-refractivity contribution in [1.29, 1.82) is 0 Å². The Morgan fingerprint density at radius 3 is 2.62 bits per heavy atom. The number of carbonyl (C=O) groups excluding carboxylic acids is 2. The lowest BCUT2D eigenvalue weighted by molar-refractivity contribution is 0.0124. The first kappa shape index (κ1) is 21.5. The predicted octanol–water partition coefficient (Wildman–Crippen LogP) is 3.48. The number of ether oxygens (including phenoxy) is 1. The molecule has 3 rings (SSSR count). The van der Waals surface area contributed by atoms with E-state index in [2.05, 4.69) is 29.4 Å². The van der Waals surface area contributed by atoms with E-state index in [0.717, 1.165) is 32.7 Å². The third kappa shape index (κ3) is 6.39. The maximum absolute atomic E-state index is 12.7. The number of hydrogen-bond acceptors (Lipinski definition) is 5. The van der Waals surface area contributed by atoms with E-state index in [0.29, 0.717) is 34.6 Å². The highest BCUT2D eigenvalue weighted by atomic mass is 32.1.